The minimum Gasteiger partial charge on any atom is -0.496 e. The molecular weight excluding hydrogens is 354 g/mol. The maximum Gasteiger partial charge on any atom is 0.255 e. The van der Waals surface area contributed by atoms with Crippen molar-refractivity contribution in [3.63, 3.8) is 0 Å². The number of hydrogen-bond donors (Lipinski definition) is 1. The van der Waals surface area contributed by atoms with E-state index in [9.17, 15) is 4.79 Å². The molecule has 144 valence electrons. The smallest absolute Gasteiger partial charge is 0.255 e. The van der Waals surface area contributed by atoms with Crippen LogP contribution in [0.1, 0.15) is 22.8 Å². The molecule has 3 rings (SSSR count). The van der Waals surface area contributed by atoms with E-state index >= 15 is 0 Å². The fourth-order valence-corrected chi connectivity index (χ4v) is 2.68. The molecule has 28 heavy (non-hydrogen) atoms. The summed E-state index contributed by atoms with van der Waals surface area (Å²) in [4.78, 5) is 12.6. The van der Waals surface area contributed by atoms with E-state index in [1.54, 1.807) is 37.4 Å². The fourth-order valence-electron chi connectivity index (χ4n) is 2.68. The number of ether oxygens (including phenoxy) is 3. The normalized spacial score (nSPS) is 10.4. The van der Waals surface area contributed by atoms with Crippen LogP contribution < -0.4 is 14.8 Å². The van der Waals surface area contributed by atoms with Gasteiger partial charge in [0.15, 0.2) is 0 Å². The summed E-state index contributed by atoms with van der Waals surface area (Å²) in [5.74, 6) is 1.97. The molecule has 0 unspecified atom stereocenters. The van der Waals surface area contributed by atoms with Crippen LogP contribution >= 0.6 is 0 Å². The first-order chi connectivity index (χ1) is 13.7. The highest BCUT2D eigenvalue weighted by molar-refractivity contribution is 6.04. The Kier molecular flexibility index (Phi) is 6.65. The zero-order valence-electron chi connectivity index (χ0n) is 16.0. The highest BCUT2D eigenvalue weighted by Gasteiger charge is 2.11. The Morgan fingerprint density at radius 1 is 0.929 bits per heavy atom. The first-order valence-corrected chi connectivity index (χ1v) is 9.08. The van der Waals surface area contributed by atoms with Crippen molar-refractivity contribution in [2.45, 2.75) is 13.5 Å². The lowest BCUT2D eigenvalue weighted by atomic mass is 10.1. The number of carbonyl (C=O) groups excluding carboxylic acids is 1. The Labute approximate surface area is 164 Å². The number of amides is 1. The van der Waals surface area contributed by atoms with Gasteiger partial charge < -0.3 is 19.5 Å². The molecule has 0 fully saturated rings. The number of nitrogens with one attached hydrogen (secondary N) is 1. The molecule has 0 aliphatic rings. The zero-order chi connectivity index (χ0) is 19.8. The second-order valence-corrected chi connectivity index (χ2v) is 6.06. The number of benzene rings is 3. The van der Waals surface area contributed by atoms with Gasteiger partial charge in [0.1, 0.15) is 17.2 Å². The summed E-state index contributed by atoms with van der Waals surface area (Å²) in [6.45, 7) is 2.91. The topological polar surface area (TPSA) is 56.8 Å². The Morgan fingerprint density at radius 2 is 1.64 bits per heavy atom. The summed E-state index contributed by atoms with van der Waals surface area (Å²) in [6.07, 6.45) is 0. The van der Waals surface area contributed by atoms with Gasteiger partial charge in [0.05, 0.1) is 13.7 Å². The van der Waals surface area contributed by atoms with E-state index in [1.165, 1.54) is 0 Å². The third-order valence-corrected chi connectivity index (χ3v) is 4.10. The second kappa shape index (κ2) is 9.58. The number of rotatable bonds is 8. The van der Waals surface area contributed by atoms with E-state index in [1.807, 2.05) is 49.4 Å². The van der Waals surface area contributed by atoms with Crippen molar-refractivity contribution in [3.8, 4) is 17.2 Å². The first-order valence-electron chi connectivity index (χ1n) is 9.08. The third kappa shape index (κ3) is 5.11. The van der Waals surface area contributed by atoms with Gasteiger partial charge in [-0.05, 0) is 61.5 Å². The van der Waals surface area contributed by atoms with Gasteiger partial charge in [0, 0.05) is 23.4 Å². The molecule has 0 atom stereocenters. The Balaban J connectivity index is 1.67. The number of para-hydroxylation sites is 1. The van der Waals surface area contributed by atoms with Crippen LogP contribution in [0.2, 0.25) is 0 Å². The van der Waals surface area contributed by atoms with E-state index in [-0.39, 0.29) is 5.91 Å². The Bertz CT molecular complexity index is 908. The fraction of sp³-hybridized carbons (Fsp3) is 0.174. The summed E-state index contributed by atoms with van der Waals surface area (Å²) in [5, 5.41) is 2.89. The van der Waals surface area contributed by atoms with Crippen LogP contribution in [0.25, 0.3) is 0 Å². The maximum absolute atomic E-state index is 12.6. The number of carbonyl (C=O) groups is 1. The lowest BCUT2D eigenvalue weighted by Gasteiger charge is -2.11. The standard InChI is InChI=1S/C23H23NO4/c1-3-27-16-18-15-17(9-14-22(18)26-2)23(25)24-19-10-12-21(13-11-19)28-20-7-5-4-6-8-20/h4-15H,3,16H2,1-2H3,(H,24,25). The van der Waals surface area contributed by atoms with Crippen LogP contribution in [0.5, 0.6) is 17.2 Å². The molecule has 3 aromatic rings. The van der Waals surface area contributed by atoms with Crippen LogP contribution in [0.15, 0.2) is 72.8 Å². The summed E-state index contributed by atoms with van der Waals surface area (Å²) >= 11 is 0. The molecule has 0 heterocycles. The molecular formula is C23H23NO4. The minimum absolute atomic E-state index is 0.197. The third-order valence-electron chi connectivity index (χ3n) is 4.10. The molecule has 0 saturated carbocycles. The Hall–Kier alpha value is -3.31. The van der Waals surface area contributed by atoms with Crippen LogP contribution in [0.3, 0.4) is 0 Å². The predicted molar refractivity (Wildman–Crippen MR) is 109 cm³/mol. The van der Waals surface area contributed by atoms with Crippen LogP contribution in [-0.4, -0.2) is 19.6 Å². The summed E-state index contributed by atoms with van der Waals surface area (Å²) in [7, 11) is 1.60. The quantitative estimate of drug-likeness (QED) is 0.580. The van der Waals surface area contributed by atoms with Crippen molar-refractivity contribution < 1.29 is 19.0 Å². The Morgan fingerprint density at radius 3 is 2.32 bits per heavy atom. The number of anilines is 1. The van der Waals surface area contributed by atoms with E-state index in [0.29, 0.717) is 36.0 Å². The number of hydrogen-bond acceptors (Lipinski definition) is 4. The highest BCUT2D eigenvalue weighted by Crippen LogP contribution is 2.24. The van der Waals surface area contributed by atoms with Crippen molar-refractivity contribution >= 4 is 11.6 Å². The molecule has 0 aromatic heterocycles. The van der Waals surface area contributed by atoms with Crippen LogP contribution in [-0.2, 0) is 11.3 Å². The SMILES string of the molecule is CCOCc1cc(C(=O)Nc2ccc(Oc3ccccc3)cc2)ccc1OC. The summed E-state index contributed by atoms with van der Waals surface area (Å²) in [5.41, 5.74) is 2.07. The highest BCUT2D eigenvalue weighted by atomic mass is 16.5. The summed E-state index contributed by atoms with van der Waals surface area (Å²) in [6, 6.07) is 22.1. The lowest BCUT2D eigenvalue weighted by molar-refractivity contribution is 0.102. The van der Waals surface area contributed by atoms with Gasteiger partial charge in [0.2, 0.25) is 0 Å². The van der Waals surface area contributed by atoms with Gasteiger partial charge in [0.25, 0.3) is 5.91 Å². The van der Waals surface area contributed by atoms with Crippen molar-refractivity contribution in [1.82, 2.24) is 0 Å². The maximum atomic E-state index is 12.6. The first kappa shape index (κ1) is 19.5. The minimum atomic E-state index is -0.197. The molecule has 0 saturated heterocycles. The van der Waals surface area contributed by atoms with Gasteiger partial charge in [-0.2, -0.15) is 0 Å². The lowest BCUT2D eigenvalue weighted by Crippen LogP contribution is -2.12. The van der Waals surface area contributed by atoms with E-state index in [4.69, 9.17) is 14.2 Å². The molecule has 1 amide bonds. The van der Waals surface area contributed by atoms with E-state index < -0.39 is 0 Å². The molecule has 5 heteroatoms. The van der Waals surface area contributed by atoms with Gasteiger partial charge in [-0.15, -0.1) is 0 Å². The van der Waals surface area contributed by atoms with Crippen molar-refractivity contribution in [2.75, 3.05) is 19.0 Å². The average molecular weight is 377 g/mol. The van der Waals surface area contributed by atoms with E-state index in [0.717, 1.165) is 11.3 Å². The van der Waals surface area contributed by atoms with Crippen molar-refractivity contribution in [2.24, 2.45) is 0 Å². The molecule has 0 aliphatic heterocycles. The van der Waals surface area contributed by atoms with Gasteiger partial charge >= 0.3 is 0 Å². The van der Waals surface area contributed by atoms with E-state index in [2.05, 4.69) is 5.32 Å². The van der Waals surface area contributed by atoms with Crippen molar-refractivity contribution in [3.05, 3.63) is 83.9 Å². The van der Waals surface area contributed by atoms with Crippen LogP contribution in [0, 0.1) is 0 Å². The van der Waals surface area contributed by atoms with Crippen molar-refractivity contribution in [1.29, 1.82) is 0 Å². The molecule has 1 N–H and O–H groups in total. The molecule has 0 aliphatic carbocycles. The van der Waals surface area contributed by atoms with Gasteiger partial charge in [-0.3, -0.25) is 4.79 Å². The summed E-state index contributed by atoms with van der Waals surface area (Å²) < 4.78 is 16.5. The largest absolute Gasteiger partial charge is 0.496 e. The second-order valence-electron chi connectivity index (χ2n) is 6.06. The average Bonchev–Trinajstić information content (AvgIpc) is 2.74. The zero-order valence-corrected chi connectivity index (χ0v) is 16.0. The predicted octanol–water partition coefficient (Wildman–Crippen LogP) is 5.28. The van der Waals surface area contributed by atoms with Crippen LogP contribution in [0.4, 0.5) is 5.69 Å². The molecule has 0 radical (unpaired) electrons. The van der Waals surface area contributed by atoms with Gasteiger partial charge in [-0.1, -0.05) is 18.2 Å². The molecule has 0 bridgehead atoms. The number of methoxy groups -OCH3 is 1. The monoisotopic (exact) mass is 377 g/mol. The van der Waals surface area contributed by atoms with Gasteiger partial charge in [-0.25, -0.2) is 0 Å². The molecule has 5 nitrogen and oxygen atoms in total. The molecule has 3 aromatic carbocycles. The molecule has 0 spiro atoms.